The number of methoxy groups -OCH3 is 1. The average Bonchev–Trinajstić information content (AvgIpc) is 3.05. The van der Waals surface area contributed by atoms with E-state index in [1.165, 1.54) is 17.7 Å². The van der Waals surface area contributed by atoms with Gasteiger partial charge in [-0.05, 0) is 37.1 Å². The van der Waals surface area contributed by atoms with E-state index in [-0.39, 0.29) is 5.54 Å². The van der Waals surface area contributed by atoms with Crippen molar-refractivity contribution in [3.63, 3.8) is 0 Å². The summed E-state index contributed by atoms with van der Waals surface area (Å²) in [4.78, 5) is 4.12. The molecular formula is C14H22N2OS. The summed E-state index contributed by atoms with van der Waals surface area (Å²) in [5.74, 6) is 0. The number of nitrogens with zero attached hydrogens (tertiary/aromatic N) is 1. The highest BCUT2D eigenvalue weighted by Gasteiger charge is 2.51. The molecule has 100 valence electrons. The molecule has 0 saturated heterocycles. The van der Waals surface area contributed by atoms with Crippen LogP contribution >= 0.6 is 11.3 Å². The number of thiophene rings is 1. The van der Waals surface area contributed by atoms with E-state index in [2.05, 4.69) is 22.4 Å². The lowest BCUT2D eigenvalue weighted by Gasteiger charge is -2.53. The first kappa shape index (κ1) is 12.6. The van der Waals surface area contributed by atoms with E-state index in [4.69, 9.17) is 10.5 Å². The highest BCUT2D eigenvalue weighted by atomic mass is 32.1. The second-order valence-electron chi connectivity index (χ2n) is 5.63. The fourth-order valence-corrected chi connectivity index (χ4v) is 3.82. The van der Waals surface area contributed by atoms with E-state index in [0.29, 0.717) is 6.10 Å². The molecule has 2 saturated carbocycles. The van der Waals surface area contributed by atoms with Gasteiger partial charge in [0.05, 0.1) is 6.10 Å². The maximum absolute atomic E-state index is 6.09. The van der Waals surface area contributed by atoms with Crippen molar-refractivity contribution < 1.29 is 4.74 Å². The maximum Gasteiger partial charge on any atom is 0.0607 e. The SMILES string of the molecule is COC1CC(CN)(N(Cc2cccs2)C2CC2)C1. The van der Waals surface area contributed by atoms with Gasteiger partial charge in [0.1, 0.15) is 0 Å². The van der Waals surface area contributed by atoms with E-state index >= 15 is 0 Å². The smallest absolute Gasteiger partial charge is 0.0607 e. The van der Waals surface area contributed by atoms with Crippen molar-refractivity contribution in [2.24, 2.45) is 5.73 Å². The fourth-order valence-electron chi connectivity index (χ4n) is 3.11. The number of nitrogens with two attached hydrogens (primary N) is 1. The number of rotatable bonds is 6. The molecule has 4 heteroatoms. The predicted octanol–water partition coefficient (Wildman–Crippen LogP) is 2.22. The molecule has 3 rings (SSSR count). The van der Waals surface area contributed by atoms with Gasteiger partial charge in [0, 0.05) is 36.7 Å². The Morgan fingerprint density at radius 2 is 2.28 bits per heavy atom. The van der Waals surface area contributed by atoms with Crippen molar-refractivity contribution in [1.29, 1.82) is 0 Å². The molecule has 2 aliphatic rings. The second-order valence-corrected chi connectivity index (χ2v) is 6.67. The van der Waals surface area contributed by atoms with Crippen LogP contribution in [-0.4, -0.2) is 36.2 Å². The van der Waals surface area contributed by atoms with Crippen molar-refractivity contribution in [3.05, 3.63) is 22.4 Å². The lowest BCUT2D eigenvalue weighted by atomic mass is 9.72. The first-order valence-corrected chi connectivity index (χ1v) is 7.67. The first-order valence-electron chi connectivity index (χ1n) is 6.79. The first-order chi connectivity index (χ1) is 8.77. The van der Waals surface area contributed by atoms with Gasteiger partial charge in [0.25, 0.3) is 0 Å². The zero-order chi connectivity index (χ0) is 12.6. The van der Waals surface area contributed by atoms with Crippen molar-refractivity contribution in [2.45, 2.75) is 49.9 Å². The Balaban J connectivity index is 1.72. The number of ether oxygens (including phenoxy) is 1. The maximum atomic E-state index is 6.09. The highest BCUT2D eigenvalue weighted by molar-refractivity contribution is 7.09. The number of hydrogen-bond donors (Lipinski definition) is 1. The van der Waals surface area contributed by atoms with Gasteiger partial charge in [-0.3, -0.25) is 4.90 Å². The minimum atomic E-state index is 0.200. The molecule has 0 spiro atoms. The van der Waals surface area contributed by atoms with E-state index in [1.807, 2.05) is 18.4 Å². The van der Waals surface area contributed by atoms with Crippen molar-refractivity contribution >= 4 is 11.3 Å². The zero-order valence-corrected chi connectivity index (χ0v) is 11.8. The van der Waals surface area contributed by atoms with Crippen LogP contribution < -0.4 is 5.73 Å². The molecule has 2 N–H and O–H groups in total. The topological polar surface area (TPSA) is 38.5 Å². The van der Waals surface area contributed by atoms with Crippen molar-refractivity contribution in [1.82, 2.24) is 4.90 Å². The average molecular weight is 266 g/mol. The van der Waals surface area contributed by atoms with Crippen LogP contribution in [-0.2, 0) is 11.3 Å². The Morgan fingerprint density at radius 1 is 1.50 bits per heavy atom. The Morgan fingerprint density at radius 3 is 2.78 bits per heavy atom. The third-order valence-corrected chi connectivity index (χ3v) is 5.29. The van der Waals surface area contributed by atoms with Gasteiger partial charge in [0.15, 0.2) is 0 Å². The molecule has 3 nitrogen and oxygen atoms in total. The molecule has 0 atom stereocenters. The zero-order valence-electron chi connectivity index (χ0n) is 11.0. The van der Waals surface area contributed by atoms with E-state index < -0.39 is 0 Å². The molecule has 2 fully saturated rings. The predicted molar refractivity (Wildman–Crippen MR) is 74.7 cm³/mol. The standard InChI is InChI=1S/C14H22N2OS/c1-17-12-7-14(8-12,10-15)16(11-4-5-11)9-13-3-2-6-18-13/h2-3,6,11-12H,4-5,7-10,15H2,1H3. The van der Waals surface area contributed by atoms with E-state index in [1.54, 1.807) is 0 Å². The highest BCUT2D eigenvalue weighted by Crippen LogP contribution is 2.45. The Bertz CT molecular complexity index is 383. The van der Waals surface area contributed by atoms with Gasteiger partial charge in [-0.2, -0.15) is 0 Å². The molecular weight excluding hydrogens is 244 g/mol. The summed E-state index contributed by atoms with van der Waals surface area (Å²) in [6.45, 7) is 1.82. The molecule has 0 aliphatic heterocycles. The third kappa shape index (κ3) is 2.23. The summed E-state index contributed by atoms with van der Waals surface area (Å²) >= 11 is 1.85. The van der Waals surface area contributed by atoms with Crippen molar-refractivity contribution in [3.8, 4) is 0 Å². The lowest BCUT2D eigenvalue weighted by molar-refractivity contribution is -0.0939. The molecule has 1 aromatic heterocycles. The molecule has 1 aromatic rings. The Hall–Kier alpha value is -0.420. The largest absolute Gasteiger partial charge is 0.381 e. The van der Waals surface area contributed by atoms with Gasteiger partial charge in [-0.25, -0.2) is 0 Å². The summed E-state index contributed by atoms with van der Waals surface area (Å²) in [6.07, 6.45) is 5.29. The van der Waals surface area contributed by atoms with Crippen LogP contribution in [0.15, 0.2) is 17.5 Å². The molecule has 0 amide bonds. The van der Waals surface area contributed by atoms with Crippen LogP contribution in [0.3, 0.4) is 0 Å². The van der Waals surface area contributed by atoms with E-state index in [9.17, 15) is 0 Å². The lowest BCUT2D eigenvalue weighted by Crippen LogP contribution is -2.64. The fraction of sp³-hybridized carbons (Fsp3) is 0.714. The summed E-state index contributed by atoms with van der Waals surface area (Å²) in [6, 6.07) is 5.13. The summed E-state index contributed by atoms with van der Waals surface area (Å²) in [5.41, 5.74) is 6.29. The normalized spacial score (nSPS) is 31.6. The Labute approximate surface area is 113 Å². The van der Waals surface area contributed by atoms with Gasteiger partial charge in [-0.15, -0.1) is 11.3 Å². The van der Waals surface area contributed by atoms with Crippen LogP contribution in [0.1, 0.15) is 30.6 Å². The van der Waals surface area contributed by atoms with Crippen molar-refractivity contribution in [2.75, 3.05) is 13.7 Å². The minimum Gasteiger partial charge on any atom is -0.381 e. The third-order valence-electron chi connectivity index (χ3n) is 4.43. The molecule has 0 radical (unpaired) electrons. The number of hydrogen-bond acceptors (Lipinski definition) is 4. The quantitative estimate of drug-likeness (QED) is 0.858. The minimum absolute atomic E-state index is 0.200. The summed E-state index contributed by atoms with van der Waals surface area (Å²) in [7, 11) is 1.81. The van der Waals surface area contributed by atoms with Crippen LogP contribution in [0.5, 0.6) is 0 Å². The van der Waals surface area contributed by atoms with Crippen LogP contribution in [0, 0.1) is 0 Å². The molecule has 1 heterocycles. The molecule has 18 heavy (non-hydrogen) atoms. The molecule has 0 unspecified atom stereocenters. The summed E-state index contributed by atoms with van der Waals surface area (Å²) < 4.78 is 5.45. The van der Waals surface area contributed by atoms with Crippen LogP contribution in [0.25, 0.3) is 0 Å². The van der Waals surface area contributed by atoms with Gasteiger partial charge < -0.3 is 10.5 Å². The van der Waals surface area contributed by atoms with Gasteiger partial charge >= 0.3 is 0 Å². The molecule has 0 aromatic carbocycles. The second kappa shape index (κ2) is 4.93. The van der Waals surface area contributed by atoms with E-state index in [0.717, 1.165) is 32.0 Å². The van der Waals surface area contributed by atoms with Crippen LogP contribution in [0.2, 0.25) is 0 Å². The Kier molecular flexibility index (Phi) is 3.45. The summed E-state index contributed by atoms with van der Waals surface area (Å²) in [5, 5.41) is 2.16. The van der Waals surface area contributed by atoms with Gasteiger partial charge in [0.2, 0.25) is 0 Å². The van der Waals surface area contributed by atoms with Gasteiger partial charge in [-0.1, -0.05) is 6.07 Å². The monoisotopic (exact) mass is 266 g/mol. The van der Waals surface area contributed by atoms with Crippen LogP contribution in [0.4, 0.5) is 0 Å². The molecule has 0 bridgehead atoms. The molecule has 2 aliphatic carbocycles.